The molecule has 0 bridgehead atoms. The Balaban J connectivity index is 1.33. The molecule has 2 fully saturated rings. The maximum atomic E-state index is 12.5. The fraction of sp³-hybridized carbons (Fsp3) is 0.440. The van der Waals surface area contributed by atoms with Crippen LogP contribution in [0.1, 0.15) is 44.1 Å². The van der Waals surface area contributed by atoms with E-state index in [9.17, 15) is 9.59 Å². The first-order chi connectivity index (χ1) is 15.1. The van der Waals surface area contributed by atoms with Crippen LogP contribution in [-0.2, 0) is 15.0 Å². The van der Waals surface area contributed by atoms with Gasteiger partial charge in [0.15, 0.2) is 6.61 Å². The van der Waals surface area contributed by atoms with Crippen molar-refractivity contribution in [1.29, 1.82) is 0 Å². The third-order valence-electron chi connectivity index (χ3n) is 6.45. The summed E-state index contributed by atoms with van der Waals surface area (Å²) in [4.78, 5) is 26.1. The fourth-order valence-electron chi connectivity index (χ4n) is 4.79. The zero-order chi connectivity index (χ0) is 21.7. The lowest BCUT2D eigenvalue weighted by atomic mass is 9.78. The molecule has 2 amide bonds. The van der Waals surface area contributed by atoms with Crippen LogP contribution in [0.4, 0.5) is 5.69 Å². The normalized spacial score (nSPS) is 17.6. The zero-order valence-corrected chi connectivity index (χ0v) is 18.1. The zero-order valence-electron chi connectivity index (χ0n) is 18.1. The lowest BCUT2D eigenvalue weighted by molar-refractivity contribution is -0.123. The summed E-state index contributed by atoms with van der Waals surface area (Å²) in [5.41, 5.74) is 1.95. The number of hydrogen-bond donors (Lipinski definition) is 1. The summed E-state index contributed by atoms with van der Waals surface area (Å²) < 4.78 is 11.3. The highest BCUT2D eigenvalue weighted by Crippen LogP contribution is 2.44. The summed E-state index contributed by atoms with van der Waals surface area (Å²) in [5, 5.41) is 3.08. The molecule has 0 unspecified atom stereocenters. The molecule has 1 N–H and O–H groups in total. The van der Waals surface area contributed by atoms with E-state index in [0.29, 0.717) is 18.7 Å². The highest BCUT2D eigenvalue weighted by Gasteiger charge is 2.38. The van der Waals surface area contributed by atoms with Crippen LogP contribution in [0.15, 0.2) is 48.5 Å². The second-order valence-corrected chi connectivity index (χ2v) is 8.40. The molecule has 1 saturated carbocycles. The lowest BCUT2D eigenvalue weighted by Crippen LogP contribution is -2.41. The van der Waals surface area contributed by atoms with Crippen LogP contribution in [0.25, 0.3) is 0 Å². The van der Waals surface area contributed by atoms with E-state index in [1.165, 1.54) is 5.56 Å². The van der Waals surface area contributed by atoms with Crippen molar-refractivity contribution >= 4 is 17.5 Å². The van der Waals surface area contributed by atoms with E-state index < -0.39 is 0 Å². The Morgan fingerprint density at radius 1 is 1.06 bits per heavy atom. The van der Waals surface area contributed by atoms with E-state index in [2.05, 4.69) is 11.4 Å². The molecule has 0 atom stereocenters. The Morgan fingerprint density at radius 3 is 2.48 bits per heavy atom. The number of nitrogens with one attached hydrogen (secondary N) is 1. The molecule has 1 aliphatic carbocycles. The van der Waals surface area contributed by atoms with Crippen LogP contribution < -0.4 is 19.7 Å². The number of rotatable bonds is 8. The number of carbonyl (C=O) groups excluding carboxylic acids is 2. The number of benzene rings is 2. The minimum absolute atomic E-state index is 0.0377. The van der Waals surface area contributed by atoms with Gasteiger partial charge in [0.05, 0.1) is 7.11 Å². The Labute approximate surface area is 183 Å². The number of carbonyl (C=O) groups is 2. The predicted octanol–water partition coefficient (Wildman–Crippen LogP) is 3.83. The summed E-state index contributed by atoms with van der Waals surface area (Å²) in [7, 11) is 1.69. The fourth-order valence-corrected chi connectivity index (χ4v) is 4.79. The van der Waals surface area contributed by atoms with Gasteiger partial charge in [0, 0.05) is 36.2 Å². The van der Waals surface area contributed by atoms with Crippen LogP contribution in [-0.4, -0.2) is 38.6 Å². The first kappa shape index (κ1) is 21.2. The van der Waals surface area contributed by atoms with Crippen molar-refractivity contribution in [2.24, 2.45) is 0 Å². The van der Waals surface area contributed by atoms with E-state index in [1.54, 1.807) is 12.0 Å². The second-order valence-electron chi connectivity index (χ2n) is 8.40. The van der Waals surface area contributed by atoms with Gasteiger partial charge in [0.1, 0.15) is 11.5 Å². The van der Waals surface area contributed by atoms with Crippen molar-refractivity contribution in [3.05, 3.63) is 54.1 Å². The van der Waals surface area contributed by atoms with Crippen LogP contribution in [0.3, 0.4) is 0 Å². The largest absolute Gasteiger partial charge is 0.496 e. The van der Waals surface area contributed by atoms with Crippen LogP contribution >= 0.6 is 0 Å². The molecule has 164 valence electrons. The number of nitrogens with zero attached hydrogens (tertiary/aromatic N) is 1. The minimum atomic E-state index is -0.139. The molecular weight excluding hydrogens is 392 g/mol. The van der Waals surface area contributed by atoms with Gasteiger partial charge in [0.2, 0.25) is 5.91 Å². The van der Waals surface area contributed by atoms with E-state index >= 15 is 0 Å². The topological polar surface area (TPSA) is 67.9 Å². The maximum absolute atomic E-state index is 12.5. The van der Waals surface area contributed by atoms with Gasteiger partial charge < -0.3 is 19.7 Å². The Hall–Kier alpha value is -3.02. The molecule has 2 aromatic rings. The van der Waals surface area contributed by atoms with Gasteiger partial charge in [-0.3, -0.25) is 9.59 Å². The molecule has 1 saturated heterocycles. The third kappa shape index (κ3) is 4.68. The standard InChI is InChI=1S/C25H30N2O4/c1-30-22-8-3-2-7-21(22)25(14-4-5-15-25)18-26-23(28)17-31-20-12-10-19(11-13-20)27-16-6-9-24(27)29/h2-3,7-8,10-13H,4-6,9,14-18H2,1H3,(H,26,28). The molecule has 4 rings (SSSR count). The number of para-hydroxylation sites is 1. The quantitative estimate of drug-likeness (QED) is 0.702. The molecule has 0 aromatic heterocycles. The first-order valence-electron chi connectivity index (χ1n) is 11.0. The van der Waals surface area contributed by atoms with Crippen LogP contribution in [0, 0.1) is 0 Å². The monoisotopic (exact) mass is 422 g/mol. The number of methoxy groups -OCH3 is 1. The number of anilines is 1. The smallest absolute Gasteiger partial charge is 0.257 e. The average Bonchev–Trinajstić information content (AvgIpc) is 3.46. The van der Waals surface area contributed by atoms with Crippen molar-refractivity contribution in [3.63, 3.8) is 0 Å². The van der Waals surface area contributed by atoms with E-state index in [0.717, 1.165) is 50.1 Å². The SMILES string of the molecule is COc1ccccc1C1(CNC(=O)COc2ccc(N3CCCC3=O)cc2)CCCC1. The molecular formula is C25H30N2O4. The van der Waals surface area contributed by atoms with Crippen molar-refractivity contribution in [2.75, 3.05) is 31.7 Å². The van der Waals surface area contributed by atoms with E-state index in [4.69, 9.17) is 9.47 Å². The summed E-state index contributed by atoms with van der Waals surface area (Å²) in [5.74, 6) is 1.52. The van der Waals surface area contributed by atoms with Crippen LogP contribution in [0.2, 0.25) is 0 Å². The molecule has 31 heavy (non-hydrogen) atoms. The van der Waals surface area contributed by atoms with Crippen molar-refractivity contribution < 1.29 is 19.1 Å². The highest BCUT2D eigenvalue weighted by molar-refractivity contribution is 5.95. The molecule has 0 radical (unpaired) electrons. The highest BCUT2D eigenvalue weighted by atomic mass is 16.5. The summed E-state index contributed by atoms with van der Waals surface area (Å²) in [6.07, 6.45) is 5.87. The summed E-state index contributed by atoms with van der Waals surface area (Å²) >= 11 is 0. The average molecular weight is 423 g/mol. The molecule has 1 aliphatic heterocycles. The Morgan fingerprint density at radius 2 is 1.81 bits per heavy atom. The second kappa shape index (κ2) is 9.41. The van der Waals surface area contributed by atoms with Gasteiger partial charge in [-0.25, -0.2) is 0 Å². The lowest BCUT2D eigenvalue weighted by Gasteiger charge is -2.31. The number of hydrogen-bond acceptors (Lipinski definition) is 4. The molecule has 2 aliphatic rings. The van der Waals surface area contributed by atoms with Gasteiger partial charge in [-0.15, -0.1) is 0 Å². The van der Waals surface area contributed by atoms with Gasteiger partial charge >= 0.3 is 0 Å². The molecule has 2 aromatic carbocycles. The van der Waals surface area contributed by atoms with Gasteiger partial charge in [-0.2, -0.15) is 0 Å². The van der Waals surface area contributed by atoms with Crippen molar-refractivity contribution in [1.82, 2.24) is 5.32 Å². The molecule has 0 spiro atoms. The predicted molar refractivity (Wildman–Crippen MR) is 120 cm³/mol. The molecule has 6 heteroatoms. The first-order valence-corrected chi connectivity index (χ1v) is 11.0. The molecule has 1 heterocycles. The number of ether oxygens (including phenoxy) is 2. The van der Waals surface area contributed by atoms with Crippen molar-refractivity contribution in [2.45, 2.75) is 43.9 Å². The van der Waals surface area contributed by atoms with Gasteiger partial charge in [-0.05, 0) is 49.6 Å². The Kier molecular flexibility index (Phi) is 6.44. The third-order valence-corrected chi connectivity index (χ3v) is 6.45. The van der Waals surface area contributed by atoms with Gasteiger partial charge in [0.25, 0.3) is 5.91 Å². The van der Waals surface area contributed by atoms with E-state index in [-0.39, 0.29) is 23.8 Å². The number of amides is 2. The molecule has 6 nitrogen and oxygen atoms in total. The maximum Gasteiger partial charge on any atom is 0.257 e. The van der Waals surface area contributed by atoms with E-state index in [1.807, 2.05) is 42.5 Å². The van der Waals surface area contributed by atoms with Gasteiger partial charge in [-0.1, -0.05) is 31.0 Å². The summed E-state index contributed by atoms with van der Waals surface area (Å²) in [6.45, 7) is 1.30. The minimum Gasteiger partial charge on any atom is -0.496 e. The Bertz CT molecular complexity index is 919. The van der Waals surface area contributed by atoms with Crippen LogP contribution in [0.5, 0.6) is 11.5 Å². The summed E-state index contributed by atoms with van der Waals surface area (Å²) in [6, 6.07) is 15.4. The van der Waals surface area contributed by atoms with Crippen molar-refractivity contribution in [3.8, 4) is 11.5 Å².